The van der Waals surface area contributed by atoms with Crippen LogP contribution in [0.25, 0.3) is 5.69 Å². The van der Waals surface area contributed by atoms with Crippen molar-refractivity contribution in [3.8, 4) is 5.69 Å². The molecule has 18 heavy (non-hydrogen) atoms. The summed E-state index contributed by atoms with van der Waals surface area (Å²) in [5, 5.41) is 7.16. The van der Waals surface area contributed by atoms with Crippen LogP contribution in [0.4, 0.5) is 5.69 Å². The van der Waals surface area contributed by atoms with E-state index in [0.717, 1.165) is 17.9 Å². The van der Waals surface area contributed by atoms with Gasteiger partial charge in [0.15, 0.2) is 0 Å². The lowest BCUT2D eigenvalue weighted by Gasteiger charge is -2.04. The Morgan fingerprint density at radius 2 is 2.33 bits per heavy atom. The van der Waals surface area contributed by atoms with Crippen molar-refractivity contribution >= 4 is 11.7 Å². The third kappa shape index (κ3) is 2.45. The van der Waals surface area contributed by atoms with Gasteiger partial charge in [-0.3, -0.25) is 4.98 Å². The number of pyridine rings is 1. The summed E-state index contributed by atoms with van der Waals surface area (Å²) >= 11 is 0. The number of hydrogen-bond acceptors (Lipinski definition) is 6. The number of nitrogens with one attached hydrogen (secondary N) is 1. The van der Waals surface area contributed by atoms with E-state index in [4.69, 9.17) is 0 Å². The van der Waals surface area contributed by atoms with Gasteiger partial charge in [-0.2, -0.15) is 0 Å². The molecule has 0 bridgehead atoms. The maximum Gasteiger partial charge on any atom is 0.377 e. The monoisotopic (exact) mass is 247 g/mol. The molecule has 0 saturated heterocycles. The standard InChI is InChI=1S/C11H13N5O2/c1-3-13-8-4-9(6-12-5-8)16-7-14-10(15-16)11(17)18-2/h4-7,13H,3H2,1-2H3. The number of esters is 1. The minimum atomic E-state index is -0.565. The highest BCUT2D eigenvalue weighted by Crippen LogP contribution is 2.11. The zero-order chi connectivity index (χ0) is 13.0. The predicted octanol–water partition coefficient (Wildman–Crippen LogP) is 0.881. The number of aromatic nitrogens is 4. The average molecular weight is 247 g/mol. The molecule has 2 aromatic heterocycles. The summed E-state index contributed by atoms with van der Waals surface area (Å²) in [6.07, 6.45) is 4.79. The Kier molecular flexibility index (Phi) is 3.52. The highest BCUT2D eigenvalue weighted by Gasteiger charge is 2.12. The van der Waals surface area contributed by atoms with Crippen LogP contribution >= 0.6 is 0 Å². The first-order chi connectivity index (χ1) is 8.74. The number of methoxy groups -OCH3 is 1. The van der Waals surface area contributed by atoms with Gasteiger partial charge in [0.1, 0.15) is 6.33 Å². The molecule has 0 atom stereocenters. The molecule has 0 aliphatic rings. The van der Waals surface area contributed by atoms with Crippen LogP contribution in [0.2, 0.25) is 0 Å². The van der Waals surface area contributed by atoms with Crippen LogP contribution in [0.5, 0.6) is 0 Å². The molecule has 0 aliphatic carbocycles. The van der Waals surface area contributed by atoms with Crippen molar-refractivity contribution in [1.29, 1.82) is 0 Å². The largest absolute Gasteiger partial charge is 0.463 e. The van der Waals surface area contributed by atoms with Gasteiger partial charge in [-0.05, 0) is 13.0 Å². The first kappa shape index (κ1) is 12.0. The molecule has 94 valence electrons. The van der Waals surface area contributed by atoms with Gasteiger partial charge < -0.3 is 10.1 Å². The summed E-state index contributed by atoms with van der Waals surface area (Å²) in [6.45, 7) is 2.80. The van der Waals surface area contributed by atoms with Crippen molar-refractivity contribution < 1.29 is 9.53 Å². The number of nitrogens with zero attached hydrogens (tertiary/aromatic N) is 4. The topological polar surface area (TPSA) is 81.9 Å². The van der Waals surface area contributed by atoms with Gasteiger partial charge in [-0.1, -0.05) is 0 Å². The summed E-state index contributed by atoms with van der Waals surface area (Å²) in [4.78, 5) is 19.2. The van der Waals surface area contributed by atoms with E-state index in [0.29, 0.717) is 0 Å². The van der Waals surface area contributed by atoms with Crippen LogP contribution in [0.3, 0.4) is 0 Å². The van der Waals surface area contributed by atoms with Crippen molar-refractivity contribution in [2.24, 2.45) is 0 Å². The molecule has 2 rings (SSSR count). The number of hydrogen-bond donors (Lipinski definition) is 1. The highest BCUT2D eigenvalue weighted by atomic mass is 16.5. The SMILES string of the molecule is CCNc1cncc(-n2cnc(C(=O)OC)n2)c1. The Morgan fingerprint density at radius 3 is 3.06 bits per heavy atom. The fourth-order valence-corrected chi connectivity index (χ4v) is 1.43. The molecule has 0 aliphatic heterocycles. The maximum absolute atomic E-state index is 11.2. The van der Waals surface area contributed by atoms with E-state index >= 15 is 0 Å². The summed E-state index contributed by atoms with van der Waals surface area (Å²) < 4.78 is 6.01. The minimum Gasteiger partial charge on any atom is -0.463 e. The summed E-state index contributed by atoms with van der Waals surface area (Å²) in [7, 11) is 1.29. The summed E-state index contributed by atoms with van der Waals surface area (Å²) in [5.74, 6) is -0.545. The normalized spacial score (nSPS) is 10.1. The molecule has 0 saturated carbocycles. The fraction of sp³-hybridized carbons (Fsp3) is 0.273. The zero-order valence-corrected chi connectivity index (χ0v) is 10.1. The van der Waals surface area contributed by atoms with E-state index in [1.165, 1.54) is 18.1 Å². The molecular formula is C11H13N5O2. The molecule has 0 spiro atoms. The van der Waals surface area contributed by atoms with Gasteiger partial charge in [0.25, 0.3) is 5.82 Å². The molecule has 0 aromatic carbocycles. The van der Waals surface area contributed by atoms with Crippen molar-refractivity contribution in [2.45, 2.75) is 6.92 Å². The average Bonchev–Trinajstić information content (AvgIpc) is 2.88. The van der Waals surface area contributed by atoms with Gasteiger partial charge in [0, 0.05) is 6.54 Å². The van der Waals surface area contributed by atoms with Crippen LogP contribution in [0, 0.1) is 0 Å². The molecule has 0 unspecified atom stereocenters. The first-order valence-electron chi connectivity index (χ1n) is 5.44. The molecule has 2 aromatic rings. The Bertz CT molecular complexity index is 552. The molecule has 1 N–H and O–H groups in total. The van der Waals surface area contributed by atoms with Crippen LogP contribution < -0.4 is 5.32 Å². The molecule has 7 heteroatoms. The van der Waals surface area contributed by atoms with Gasteiger partial charge in [-0.15, -0.1) is 5.10 Å². The van der Waals surface area contributed by atoms with Gasteiger partial charge in [-0.25, -0.2) is 14.5 Å². The lowest BCUT2D eigenvalue weighted by molar-refractivity contribution is 0.0587. The number of carbonyl (C=O) groups is 1. The van der Waals surface area contributed by atoms with Crippen LogP contribution in [0.1, 0.15) is 17.5 Å². The summed E-state index contributed by atoms with van der Waals surface area (Å²) in [6, 6.07) is 1.87. The summed E-state index contributed by atoms with van der Waals surface area (Å²) in [5.41, 5.74) is 1.60. The van der Waals surface area contributed by atoms with Gasteiger partial charge in [0.2, 0.25) is 0 Å². The fourth-order valence-electron chi connectivity index (χ4n) is 1.43. The van der Waals surface area contributed by atoms with E-state index in [9.17, 15) is 4.79 Å². The van der Waals surface area contributed by atoms with E-state index in [1.807, 2.05) is 13.0 Å². The van der Waals surface area contributed by atoms with Crippen LogP contribution in [0.15, 0.2) is 24.8 Å². The first-order valence-corrected chi connectivity index (χ1v) is 5.44. The highest BCUT2D eigenvalue weighted by molar-refractivity contribution is 5.84. The Balaban J connectivity index is 2.28. The Labute approximate surface area is 104 Å². The van der Waals surface area contributed by atoms with Gasteiger partial charge in [0.05, 0.1) is 30.9 Å². The predicted molar refractivity (Wildman–Crippen MR) is 64.7 cm³/mol. The minimum absolute atomic E-state index is 0.0198. The second kappa shape index (κ2) is 5.26. The van der Waals surface area contributed by atoms with Gasteiger partial charge >= 0.3 is 5.97 Å². The smallest absolute Gasteiger partial charge is 0.377 e. The van der Waals surface area contributed by atoms with E-state index in [2.05, 4.69) is 25.1 Å². The Hall–Kier alpha value is -2.44. The van der Waals surface area contributed by atoms with E-state index < -0.39 is 5.97 Å². The number of ether oxygens (including phenoxy) is 1. The molecule has 2 heterocycles. The third-order valence-corrected chi connectivity index (χ3v) is 2.23. The Morgan fingerprint density at radius 1 is 1.50 bits per heavy atom. The molecule has 7 nitrogen and oxygen atoms in total. The van der Waals surface area contributed by atoms with Crippen LogP contribution in [-0.2, 0) is 4.74 Å². The van der Waals surface area contributed by atoms with Crippen LogP contribution in [-0.4, -0.2) is 39.4 Å². The van der Waals surface area contributed by atoms with Crippen molar-refractivity contribution in [3.05, 3.63) is 30.6 Å². The lowest BCUT2D eigenvalue weighted by Crippen LogP contribution is -2.05. The van der Waals surface area contributed by atoms with E-state index in [1.54, 1.807) is 12.4 Å². The number of anilines is 1. The zero-order valence-electron chi connectivity index (χ0n) is 10.1. The third-order valence-electron chi connectivity index (χ3n) is 2.23. The maximum atomic E-state index is 11.2. The van der Waals surface area contributed by atoms with Crippen molar-refractivity contribution in [1.82, 2.24) is 19.7 Å². The molecule has 0 fully saturated rings. The van der Waals surface area contributed by atoms with E-state index in [-0.39, 0.29) is 5.82 Å². The van der Waals surface area contributed by atoms with Crippen molar-refractivity contribution in [3.63, 3.8) is 0 Å². The number of rotatable bonds is 4. The second-order valence-electron chi connectivity index (χ2n) is 3.47. The molecule has 0 amide bonds. The number of carbonyl (C=O) groups excluding carboxylic acids is 1. The molecule has 0 radical (unpaired) electrons. The second-order valence-corrected chi connectivity index (χ2v) is 3.47. The molecular weight excluding hydrogens is 234 g/mol. The lowest BCUT2D eigenvalue weighted by atomic mass is 10.3. The quantitative estimate of drug-likeness (QED) is 0.808. The van der Waals surface area contributed by atoms with Crippen molar-refractivity contribution in [2.75, 3.05) is 19.0 Å².